The second-order valence-electron chi connectivity index (χ2n) is 5.01. The fraction of sp³-hybridized carbons (Fsp3) is 0.294. The molecule has 0 heterocycles. The van der Waals surface area contributed by atoms with Crippen molar-refractivity contribution in [2.24, 2.45) is 0 Å². The van der Waals surface area contributed by atoms with Gasteiger partial charge in [0, 0.05) is 6.04 Å². The van der Waals surface area contributed by atoms with Gasteiger partial charge in [0.1, 0.15) is 11.6 Å². The summed E-state index contributed by atoms with van der Waals surface area (Å²) in [7, 11) is 0. The van der Waals surface area contributed by atoms with E-state index in [4.69, 9.17) is 0 Å². The molecule has 1 atom stereocenters. The Labute approximate surface area is 132 Å². The van der Waals surface area contributed by atoms with Crippen LogP contribution in [0.1, 0.15) is 30.5 Å². The molecule has 1 nitrogen and oxygen atoms in total. The number of rotatable bonds is 6. The van der Waals surface area contributed by atoms with Crippen molar-refractivity contribution in [3.63, 3.8) is 0 Å². The van der Waals surface area contributed by atoms with Gasteiger partial charge in [-0.15, -0.1) is 0 Å². The predicted octanol–water partition coefficient (Wildman–Crippen LogP) is 5.01. The second kappa shape index (κ2) is 7.66. The summed E-state index contributed by atoms with van der Waals surface area (Å²) in [5.41, 5.74) is 1.92. The molecule has 0 fully saturated rings. The Balaban J connectivity index is 2.20. The Bertz CT molecular complexity index is 584. The van der Waals surface area contributed by atoms with Gasteiger partial charge in [0.05, 0.1) is 4.47 Å². The molecule has 4 heteroatoms. The third-order valence-corrected chi connectivity index (χ3v) is 3.98. The van der Waals surface area contributed by atoms with E-state index < -0.39 is 0 Å². The minimum atomic E-state index is -0.269. The summed E-state index contributed by atoms with van der Waals surface area (Å²) in [6.45, 7) is 2.94. The van der Waals surface area contributed by atoms with Crippen molar-refractivity contribution < 1.29 is 8.78 Å². The maximum absolute atomic E-state index is 13.7. The molecule has 1 N–H and O–H groups in total. The van der Waals surface area contributed by atoms with Gasteiger partial charge in [-0.25, -0.2) is 8.78 Å². The van der Waals surface area contributed by atoms with E-state index in [-0.39, 0.29) is 17.7 Å². The predicted molar refractivity (Wildman–Crippen MR) is 85.2 cm³/mol. The molecule has 0 aromatic heterocycles. The highest BCUT2D eigenvalue weighted by atomic mass is 79.9. The molecule has 21 heavy (non-hydrogen) atoms. The quantitative estimate of drug-likeness (QED) is 0.769. The summed E-state index contributed by atoms with van der Waals surface area (Å²) in [6, 6.07) is 11.6. The van der Waals surface area contributed by atoms with Crippen LogP contribution in [0.15, 0.2) is 46.9 Å². The first-order valence-corrected chi connectivity index (χ1v) is 7.82. The first-order chi connectivity index (χ1) is 10.1. The highest BCUT2D eigenvalue weighted by molar-refractivity contribution is 9.10. The van der Waals surface area contributed by atoms with Crippen LogP contribution in [0.5, 0.6) is 0 Å². The SMILES string of the molecule is CCCNC(Cc1ccc(F)cc1)c1ccc(Br)c(F)c1. The minimum Gasteiger partial charge on any atom is -0.310 e. The van der Waals surface area contributed by atoms with Crippen molar-refractivity contribution in [2.45, 2.75) is 25.8 Å². The van der Waals surface area contributed by atoms with Crippen molar-refractivity contribution in [2.75, 3.05) is 6.54 Å². The molecule has 0 saturated heterocycles. The molecular weight excluding hydrogens is 336 g/mol. The molecule has 2 aromatic rings. The van der Waals surface area contributed by atoms with Gasteiger partial charge in [-0.2, -0.15) is 0 Å². The summed E-state index contributed by atoms with van der Waals surface area (Å²) in [5.74, 6) is -0.513. The van der Waals surface area contributed by atoms with Gasteiger partial charge in [0.2, 0.25) is 0 Å². The van der Waals surface area contributed by atoms with Crippen LogP contribution in [-0.4, -0.2) is 6.54 Å². The van der Waals surface area contributed by atoms with Crippen LogP contribution in [0.3, 0.4) is 0 Å². The Morgan fingerprint density at radius 3 is 2.43 bits per heavy atom. The fourth-order valence-corrected chi connectivity index (χ4v) is 2.46. The number of benzene rings is 2. The molecule has 0 radical (unpaired) electrons. The van der Waals surface area contributed by atoms with Crippen LogP contribution in [-0.2, 0) is 6.42 Å². The zero-order chi connectivity index (χ0) is 15.2. The third-order valence-electron chi connectivity index (χ3n) is 3.34. The third kappa shape index (κ3) is 4.61. The Hall–Kier alpha value is -1.26. The van der Waals surface area contributed by atoms with Gasteiger partial charge in [-0.1, -0.05) is 25.1 Å². The lowest BCUT2D eigenvalue weighted by molar-refractivity contribution is 0.523. The van der Waals surface area contributed by atoms with Gasteiger partial charge in [-0.05, 0) is 70.7 Å². The lowest BCUT2D eigenvalue weighted by Crippen LogP contribution is -2.24. The maximum atomic E-state index is 13.7. The molecule has 112 valence electrons. The lowest BCUT2D eigenvalue weighted by atomic mass is 9.98. The van der Waals surface area contributed by atoms with E-state index in [0.717, 1.165) is 24.1 Å². The van der Waals surface area contributed by atoms with E-state index >= 15 is 0 Å². The topological polar surface area (TPSA) is 12.0 Å². The molecule has 0 saturated carbocycles. The molecule has 0 spiro atoms. The Morgan fingerprint density at radius 1 is 1.10 bits per heavy atom. The van der Waals surface area contributed by atoms with Gasteiger partial charge in [0.25, 0.3) is 0 Å². The number of hydrogen-bond donors (Lipinski definition) is 1. The summed E-state index contributed by atoms with van der Waals surface area (Å²) >= 11 is 3.17. The van der Waals surface area contributed by atoms with Crippen LogP contribution in [0.25, 0.3) is 0 Å². The van der Waals surface area contributed by atoms with Crippen LogP contribution in [0.2, 0.25) is 0 Å². The van der Waals surface area contributed by atoms with Crippen molar-refractivity contribution in [3.8, 4) is 0 Å². The largest absolute Gasteiger partial charge is 0.310 e. The molecule has 2 rings (SSSR count). The number of hydrogen-bond acceptors (Lipinski definition) is 1. The summed E-state index contributed by atoms with van der Waals surface area (Å²) < 4.78 is 27.2. The number of halogens is 3. The van der Waals surface area contributed by atoms with Crippen molar-refractivity contribution >= 4 is 15.9 Å². The van der Waals surface area contributed by atoms with E-state index in [2.05, 4.69) is 28.2 Å². The standard InChI is InChI=1S/C17H18BrF2N/c1-2-9-21-17(10-12-3-6-14(19)7-4-12)13-5-8-15(18)16(20)11-13/h3-8,11,17,21H,2,9-10H2,1H3. The molecule has 0 amide bonds. The number of nitrogens with one attached hydrogen (secondary N) is 1. The van der Waals surface area contributed by atoms with Gasteiger partial charge in [-0.3, -0.25) is 0 Å². The average Bonchev–Trinajstić information content (AvgIpc) is 2.48. The van der Waals surface area contributed by atoms with Gasteiger partial charge < -0.3 is 5.32 Å². The fourth-order valence-electron chi connectivity index (χ4n) is 2.21. The zero-order valence-electron chi connectivity index (χ0n) is 11.9. The molecule has 1 unspecified atom stereocenters. The van der Waals surface area contributed by atoms with E-state index in [1.54, 1.807) is 24.3 Å². The van der Waals surface area contributed by atoms with E-state index in [9.17, 15) is 8.78 Å². The monoisotopic (exact) mass is 353 g/mol. The Kier molecular flexibility index (Phi) is 5.88. The average molecular weight is 354 g/mol. The van der Waals surface area contributed by atoms with Gasteiger partial charge >= 0.3 is 0 Å². The van der Waals surface area contributed by atoms with E-state index in [1.807, 2.05) is 6.07 Å². The van der Waals surface area contributed by atoms with E-state index in [1.165, 1.54) is 12.1 Å². The molecule has 0 bridgehead atoms. The highest BCUT2D eigenvalue weighted by Gasteiger charge is 2.13. The van der Waals surface area contributed by atoms with Crippen LogP contribution in [0.4, 0.5) is 8.78 Å². The molecule has 0 aliphatic carbocycles. The van der Waals surface area contributed by atoms with Crippen LogP contribution >= 0.6 is 15.9 Å². The smallest absolute Gasteiger partial charge is 0.137 e. The molecule has 2 aromatic carbocycles. The van der Waals surface area contributed by atoms with Crippen molar-refractivity contribution in [1.82, 2.24) is 5.32 Å². The maximum Gasteiger partial charge on any atom is 0.137 e. The summed E-state index contributed by atoms with van der Waals surface area (Å²) in [6.07, 6.45) is 1.69. The molecular formula is C17H18BrF2N. The first-order valence-electron chi connectivity index (χ1n) is 7.03. The summed E-state index contributed by atoms with van der Waals surface area (Å²) in [4.78, 5) is 0. The molecule has 0 aliphatic heterocycles. The zero-order valence-corrected chi connectivity index (χ0v) is 13.5. The normalized spacial score (nSPS) is 12.4. The summed E-state index contributed by atoms with van der Waals surface area (Å²) in [5, 5.41) is 3.42. The van der Waals surface area contributed by atoms with Gasteiger partial charge in [0.15, 0.2) is 0 Å². The minimum absolute atomic E-state index is 0.0120. The Morgan fingerprint density at radius 2 is 1.81 bits per heavy atom. The second-order valence-corrected chi connectivity index (χ2v) is 5.87. The molecule has 0 aliphatic rings. The van der Waals surface area contributed by atoms with Crippen molar-refractivity contribution in [1.29, 1.82) is 0 Å². The van der Waals surface area contributed by atoms with Crippen LogP contribution < -0.4 is 5.32 Å². The van der Waals surface area contributed by atoms with E-state index in [0.29, 0.717) is 10.9 Å². The van der Waals surface area contributed by atoms with Crippen LogP contribution in [0, 0.1) is 11.6 Å². The van der Waals surface area contributed by atoms with Crippen molar-refractivity contribution in [3.05, 3.63) is 69.7 Å². The first kappa shape index (κ1) is 16.1. The highest BCUT2D eigenvalue weighted by Crippen LogP contribution is 2.23. The lowest BCUT2D eigenvalue weighted by Gasteiger charge is -2.19.